The lowest BCUT2D eigenvalue weighted by atomic mass is 9.43. The van der Waals surface area contributed by atoms with Crippen LogP contribution < -0.4 is 43.4 Å². The Labute approximate surface area is 371 Å². The van der Waals surface area contributed by atoms with Gasteiger partial charge in [-0.25, -0.2) is 0 Å². The van der Waals surface area contributed by atoms with E-state index in [-0.39, 0.29) is 23.8 Å². The average Bonchev–Trinajstić information content (AvgIpc) is 3.60. The van der Waals surface area contributed by atoms with Gasteiger partial charge in [0.25, 0.3) is 0 Å². The Hall–Kier alpha value is -2.87. The van der Waals surface area contributed by atoms with Gasteiger partial charge >= 0.3 is 7.12 Å². The molecular weight excluding hydrogens is 793 g/mol. The van der Waals surface area contributed by atoms with E-state index in [4.69, 9.17) is 20.8 Å². The molecule has 2 bridgehead atoms. The summed E-state index contributed by atoms with van der Waals surface area (Å²) in [7, 11) is -0.641. The van der Waals surface area contributed by atoms with E-state index in [1.165, 1.54) is 39.5 Å². The van der Waals surface area contributed by atoms with E-state index in [9.17, 15) is 29.1 Å². The molecule has 2 heterocycles. The number of piperazine rings is 1. The molecule has 17 nitrogen and oxygen atoms in total. The Kier molecular flexibility index (Phi) is 20.4. The van der Waals surface area contributed by atoms with Gasteiger partial charge in [-0.15, -0.1) is 0 Å². The van der Waals surface area contributed by atoms with Crippen molar-refractivity contribution in [1.29, 1.82) is 0 Å². The van der Waals surface area contributed by atoms with Crippen molar-refractivity contribution in [2.45, 2.75) is 192 Å². The molecule has 354 valence electrons. The number of aliphatic hydroxyl groups excluding tert-OH is 1. The predicted octanol–water partition coefficient (Wildman–Crippen LogP) is 0.991. The van der Waals surface area contributed by atoms with Crippen LogP contribution in [-0.2, 0) is 33.3 Å². The van der Waals surface area contributed by atoms with Crippen molar-refractivity contribution in [3.8, 4) is 0 Å². The Balaban J connectivity index is 1.31. The molecule has 0 aromatic heterocycles. The van der Waals surface area contributed by atoms with Gasteiger partial charge in [0.2, 0.25) is 29.5 Å². The van der Waals surface area contributed by atoms with Crippen LogP contribution in [0.15, 0.2) is 0 Å². The summed E-state index contributed by atoms with van der Waals surface area (Å²) in [6, 6.07) is -5.01. The van der Waals surface area contributed by atoms with Crippen molar-refractivity contribution in [1.82, 2.24) is 36.8 Å². The highest BCUT2D eigenvalue weighted by Gasteiger charge is 2.68. The summed E-state index contributed by atoms with van der Waals surface area (Å²) in [5.41, 5.74) is 11.2. The maximum atomic E-state index is 13.7. The summed E-state index contributed by atoms with van der Waals surface area (Å²) in [6.07, 6.45) is 10.8. The molecule has 11 N–H and O–H groups in total. The van der Waals surface area contributed by atoms with Crippen LogP contribution in [0.25, 0.3) is 0 Å². The van der Waals surface area contributed by atoms with Crippen LogP contribution in [0.2, 0.25) is 0 Å². The minimum absolute atomic E-state index is 0.0473. The summed E-state index contributed by atoms with van der Waals surface area (Å²) in [5.74, 6) is -2.34. The number of carbonyl (C=O) groups excluding carboxylic acids is 5. The normalized spacial score (nSPS) is 27.0. The molecule has 2 saturated heterocycles. The van der Waals surface area contributed by atoms with Crippen LogP contribution >= 0.6 is 0 Å². The summed E-state index contributed by atoms with van der Waals surface area (Å²) in [6.45, 7) is 17.3. The molecule has 3 saturated carbocycles. The highest BCUT2D eigenvalue weighted by Crippen LogP contribution is 2.65. The molecule has 5 amide bonds. The topological polar surface area (TPSA) is 251 Å². The minimum Gasteiger partial charge on any atom is -0.404 e. The molecule has 0 aromatic rings. The van der Waals surface area contributed by atoms with Crippen LogP contribution in [-0.4, -0.2) is 140 Å². The molecule has 11 unspecified atom stereocenters. The lowest BCUT2D eigenvalue weighted by Crippen LogP contribution is -2.65. The molecule has 3 aliphatic carbocycles. The molecule has 5 rings (SSSR count). The van der Waals surface area contributed by atoms with Crippen molar-refractivity contribution >= 4 is 36.7 Å². The number of aliphatic hydroxyl groups is 1. The second-order valence-electron chi connectivity index (χ2n) is 19.4. The van der Waals surface area contributed by atoms with E-state index in [0.717, 1.165) is 38.8 Å². The number of nitrogens with two attached hydrogens (primary N) is 2. The average molecular weight is 876 g/mol. The van der Waals surface area contributed by atoms with Crippen LogP contribution in [0.1, 0.15) is 138 Å². The first-order valence-electron chi connectivity index (χ1n) is 23.9. The number of unbranched alkanes of at least 4 members (excludes halogenated alkanes) is 7. The fourth-order valence-corrected chi connectivity index (χ4v) is 9.93. The molecular formula is C44H82BN9O8. The number of nitrogens with zero attached hydrogens (tertiary/aromatic N) is 1. The zero-order valence-electron chi connectivity index (χ0n) is 38.9. The SMILES string of the molecule is CCCCCCCCN1CCNC(C(=O)NC(CCCCN)C(=O)NC(C(=O)NC(C)C(=O)NC(CCCCN)C(=O)NC(C)B2OC3CC4CC(C4(C)C)C3(C)O2)C(C)O)C1. The Morgan fingerprint density at radius 1 is 0.790 bits per heavy atom. The smallest absolute Gasteiger partial charge is 0.404 e. The molecule has 11 atom stereocenters. The largest absolute Gasteiger partial charge is 0.481 e. The van der Waals surface area contributed by atoms with Crippen molar-refractivity contribution in [3.63, 3.8) is 0 Å². The monoisotopic (exact) mass is 876 g/mol. The molecule has 0 radical (unpaired) electrons. The van der Waals surface area contributed by atoms with E-state index < -0.39 is 78.6 Å². The number of nitrogens with one attached hydrogen (secondary N) is 6. The fraction of sp³-hybridized carbons (Fsp3) is 0.886. The zero-order chi connectivity index (χ0) is 45.6. The second kappa shape index (κ2) is 24.4. The van der Waals surface area contributed by atoms with Gasteiger partial charge in [-0.1, -0.05) is 52.9 Å². The van der Waals surface area contributed by atoms with E-state index in [1.54, 1.807) is 0 Å². The van der Waals surface area contributed by atoms with Crippen LogP contribution in [0.5, 0.6) is 0 Å². The Morgan fingerprint density at radius 3 is 2.05 bits per heavy atom. The lowest BCUT2D eigenvalue weighted by Gasteiger charge is -2.64. The maximum absolute atomic E-state index is 13.7. The quantitative estimate of drug-likeness (QED) is 0.0414. The first-order chi connectivity index (χ1) is 29.5. The van der Waals surface area contributed by atoms with Gasteiger partial charge in [0, 0.05) is 19.6 Å². The van der Waals surface area contributed by atoms with Gasteiger partial charge in [-0.05, 0) is 122 Å². The van der Waals surface area contributed by atoms with Gasteiger partial charge in [0.05, 0.1) is 29.8 Å². The lowest BCUT2D eigenvalue weighted by molar-refractivity contribution is -0.199. The van der Waals surface area contributed by atoms with Crippen molar-refractivity contribution in [3.05, 3.63) is 0 Å². The van der Waals surface area contributed by atoms with E-state index >= 15 is 0 Å². The fourth-order valence-electron chi connectivity index (χ4n) is 9.93. The molecule has 0 spiro atoms. The number of amides is 5. The Bertz CT molecular complexity index is 1480. The van der Waals surface area contributed by atoms with Gasteiger partial charge in [-0.2, -0.15) is 0 Å². The van der Waals surface area contributed by atoms with Crippen molar-refractivity contribution < 1.29 is 38.4 Å². The minimum atomic E-state index is -1.44. The van der Waals surface area contributed by atoms with Gasteiger partial charge < -0.3 is 57.8 Å². The molecule has 5 aliphatic rings. The summed E-state index contributed by atoms with van der Waals surface area (Å²) < 4.78 is 12.9. The molecule has 2 aliphatic heterocycles. The first kappa shape index (κ1) is 51.8. The van der Waals surface area contributed by atoms with Gasteiger partial charge in [0.15, 0.2) is 0 Å². The predicted molar refractivity (Wildman–Crippen MR) is 240 cm³/mol. The van der Waals surface area contributed by atoms with E-state index in [1.807, 2.05) is 6.92 Å². The summed E-state index contributed by atoms with van der Waals surface area (Å²) in [5, 5.41) is 27.8. The third-order valence-corrected chi connectivity index (χ3v) is 14.1. The number of rotatable bonds is 27. The van der Waals surface area contributed by atoms with E-state index in [0.29, 0.717) is 70.1 Å². The maximum Gasteiger partial charge on any atom is 0.481 e. The van der Waals surface area contributed by atoms with Crippen LogP contribution in [0, 0.1) is 17.3 Å². The summed E-state index contributed by atoms with van der Waals surface area (Å²) >= 11 is 0. The third-order valence-electron chi connectivity index (χ3n) is 14.1. The van der Waals surface area contributed by atoms with Crippen LogP contribution in [0.4, 0.5) is 0 Å². The zero-order valence-corrected chi connectivity index (χ0v) is 38.9. The van der Waals surface area contributed by atoms with Gasteiger partial charge in [0.1, 0.15) is 24.2 Å². The second-order valence-corrected chi connectivity index (χ2v) is 19.4. The molecule has 0 aromatic carbocycles. The van der Waals surface area contributed by atoms with Crippen molar-refractivity contribution in [2.75, 3.05) is 39.3 Å². The van der Waals surface area contributed by atoms with E-state index in [2.05, 4.69) is 64.5 Å². The van der Waals surface area contributed by atoms with Crippen molar-refractivity contribution in [2.24, 2.45) is 28.7 Å². The first-order valence-corrected chi connectivity index (χ1v) is 23.9. The molecule has 62 heavy (non-hydrogen) atoms. The summed E-state index contributed by atoms with van der Waals surface area (Å²) in [4.78, 5) is 70.4. The molecule has 18 heteroatoms. The highest BCUT2D eigenvalue weighted by atomic mass is 16.7. The van der Waals surface area contributed by atoms with Crippen LogP contribution in [0.3, 0.4) is 0 Å². The number of hydrogen-bond donors (Lipinski definition) is 9. The van der Waals surface area contributed by atoms with Gasteiger partial charge in [-0.3, -0.25) is 28.9 Å². The third kappa shape index (κ3) is 13.8. The standard InChI is InChI=1S/C44H82BN9O8/c1-8-9-10-11-12-17-23-54-24-22-48-34(27-54)41(59)52-33(19-14-16-21-47)40(58)53-37(29(3)55)42(60)49-28(2)38(56)51-32(18-13-15-20-46)39(57)50-30(4)45-61-36-26-31-25-35(43(31,5)6)44(36,7)62-45/h28-37,48,55H,8-27,46-47H2,1-7H3,(H,49,60)(H,50,57)(H,51,56)(H,52,59)(H,53,58). The molecule has 5 fully saturated rings. The number of hydrogen-bond acceptors (Lipinski definition) is 12. The Morgan fingerprint density at radius 2 is 1.42 bits per heavy atom. The number of carbonyl (C=O) groups is 5. The highest BCUT2D eigenvalue weighted by molar-refractivity contribution is 6.47.